The van der Waals surface area contributed by atoms with Gasteiger partial charge in [-0.25, -0.2) is 0 Å². The minimum absolute atomic E-state index is 0.00991. The smallest absolute Gasteiger partial charge is 0.0611 e. The van der Waals surface area contributed by atoms with E-state index in [1.54, 1.807) is 0 Å². The van der Waals surface area contributed by atoms with Crippen molar-refractivity contribution in [1.82, 2.24) is 0 Å². The van der Waals surface area contributed by atoms with Gasteiger partial charge in [0.25, 0.3) is 0 Å². The van der Waals surface area contributed by atoms with Gasteiger partial charge in [-0.05, 0) is 41.9 Å². The molecule has 4 bridgehead atoms. The van der Waals surface area contributed by atoms with Crippen molar-refractivity contribution in [2.24, 2.45) is 28.6 Å². The average molecular weight is 236 g/mol. The van der Waals surface area contributed by atoms with E-state index in [9.17, 15) is 10.2 Å². The van der Waals surface area contributed by atoms with Gasteiger partial charge in [-0.15, -0.1) is 0 Å². The lowest BCUT2D eigenvalue weighted by Crippen LogP contribution is -2.35. The summed E-state index contributed by atoms with van der Waals surface area (Å²) in [6.07, 6.45) is 4.17. The van der Waals surface area contributed by atoms with Crippen LogP contribution >= 0.6 is 0 Å². The second-order valence-corrected chi connectivity index (χ2v) is 7.07. The molecule has 2 N–H and O–H groups in total. The minimum Gasteiger partial charge on any atom is -0.396 e. The molecule has 0 aromatic carbocycles. The Morgan fingerprint density at radius 3 is 2.71 bits per heavy atom. The highest BCUT2D eigenvalue weighted by molar-refractivity contribution is 5.31. The predicted octanol–water partition coefficient (Wildman–Crippen LogP) is 2.36. The van der Waals surface area contributed by atoms with E-state index >= 15 is 0 Å². The zero-order valence-corrected chi connectivity index (χ0v) is 10.9. The van der Waals surface area contributed by atoms with E-state index in [1.807, 2.05) is 0 Å². The first-order valence-electron chi connectivity index (χ1n) is 6.92. The molecule has 0 radical (unpaired) electrons. The van der Waals surface area contributed by atoms with Crippen molar-refractivity contribution in [2.45, 2.75) is 45.6 Å². The number of aliphatic hydroxyl groups excluding tert-OH is 2. The summed E-state index contributed by atoms with van der Waals surface area (Å²) in [5, 5.41) is 20.0. The number of hydrogen-bond donors (Lipinski definition) is 2. The molecule has 2 heteroatoms. The summed E-state index contributed by atoms with van der Waals surface area (Å²) >= 11 is 0. The van der Waals surface area contributed by atoms with Gasteiger partial charge in [0.1, 0.15) is 0 Å². The van der Waals surface area contributed by atoms with E-state index in [0.29, 0.717) is 11.8 Å². The van der Waals surface area contributed by atoms with Crippen LogP contribution in [0.15, 0.2) is 12.2 Å². The molecule has 3 saturated carbocycles. The van der Waals surface area contributed by atoms with Crippen LogP contribution in [0, 0.1) is 28.6 Å². The van der Waals surface area contributed by atoms with Crippen LogP contribution in [0.5, 0.6) is 0 Å². The van der Waals surface area contributed by atoms with Crippen molar-refractivity contribution in [3.8, 4) is 0 Å². The third-order valence-electron chi connectivity index (χ3n) is 6.29. The maximum Gasteiger partial charge on any atom is 0.0611 e. The number of aliphatic hydroxyl groups is 2. The Morgan fingerprint density at radius 2 is 2.06 bits per heavy atom. The molecule has 2 unspecified atom stereocenters. The molecule has 0 aromatic heterocycles. The summed E-state index contributed by atoms with van der Waals surface area (Å²) in [6, 6.07) is 0. The molecule has 96 valence electrons. The SMILES string of the molecule is C=C1C2C3[C@@H](C[C@@H]2O)[C@]1(C)CCC[C@@]3(C)CO. The molecule has 3 fully saturated rings. The van der Waals surface area contributed by atoms with Crippen molar-refractivity contribution < 1.29 is 10.2 Å². The molecule has 3 aliphatic rings. The van der Waals surface area contributed by atoms with E-state index in [0.717, 1.165) is 12.8 Å². The lowest BCUT2D eigenvalue weighted by atomic mass is 9.68. The Kier molecular flexibility index (Phi) is 2.32. The van der Waals surface area contributed by atoms with Gasteiger partial charge in [-0.1, -0.05) is 32.4 Å². The van der Waals surface area contributed by atoms with Gasteiger partial charge in [-0.3, -0.25) is 0 Å². The van der Waals surface area contributed by atoms with E-state index in [1.165, 1.54) is 18.4 Å². The normalized spacial score (nSPS) is 57.3. The fourth-order valence-corrected chi connectivity index (χ4v) is 5.24. The number of rotatable bonds is 1. The number of hydrogen-bond acceptors (Lipinski definition) is 2. The van der Waals surface area contributed by atoms with Crippen LogP contribution in [0.3, 0.4) is 0 Å². The molecule has 0 saturated heterocycles. The van der Waals surface area contributed by atoms with Crippen molar-refractivity contribution in [3.05, 3.63) is 12.2 Å². The quantitative estimate of drug-likeness (QED) is 0.686. The average Bonchev–Trinajstić information content (AvgIpc) is 2.69. The lowest BCUT2D eigenvalue weighted by Gasteiger charge is -2.38. The molecule has 0 spiro atoms. The Hall–Kier alpha value is -0.340. The van der Waals surface area contributed by atoms with Crippen molar-refractivity contribution in [2.75, 3.05) is 6.61 Å². The molecule has 0 heterocycles. The van der Waals surface area contributed by atoms with Crippen LogP contribution in [0.25, 0.3) is 0 Å². The van der Waals surface area contributed by atoms with Crippen LogP contribution in [0.2, 0.25) is 0 Å². The summed E-state index contributed by atoms with van der Waals surface area (Å²) < 4.78 is 0. The topological polar surface area (TPSA) is 40.5 Å². The van der Waals surface area contributed by atoms with Crippen LogP contribution in [-0.2, 0) is 0 Å². The van der Waals surface area contributed by atoms with E-state index in [-0.39, 0.29) is 29.5 Å². The van der Waals surface area contributed by atoms with Crippen LogP contribution in [-0.4, -0.2) is 22.9 Å². The van der Waals surface area contributed by atoms with E-state index in [4.69, 9.17) is 0 Å². The van der Waals surface area contributed by atoms with Crippen LogP contribution < -0.4 is 0 Å². The maximum absolute atomic E-state index is 10.2. The summed E-state index contributed by atoms with van der Waals surface area (Å²) in [4.78, 5) is 0. The largest absolute Gasteiger partial charge is 0.396 e. The van der Waals surface area contributed by atoms with Crippen molar-refractivity contribution >= 4 is 0 Å². The molecule has 0 aromatic rings. The molecule has 0 amide bonds. The molecular weight excluding hydrogens is 212 g/mol. The first kappa shape index (κ1) is 11.7. The Morgan fingerprint density at radius 1 is 1.35 bits per heavy atom. The lowest BCUT2D eigenvalue weighted by molar-refractivity contribution is 0.0368. The first-order chi connectivity index (χ1) is 7.94. The second kappa shape index (κ2) is 3.36. The third kappa shape index (κ3) is 1.23. The van der Waals surface area contributed by atoms with Crippen LogP contribution in [0.4, 0.5) is 0 Å². The summed E-state index contributed by atoms with van der Waals surface area (Å²) in [5.74, 6) is 1.22. The zero-order chi connectivity index (χ0) is 12.4. The molecule has 0 aliphatic heterocycles. The second-order valence-electron chi connectivity index (χ2n) is 7.07. The first-order valence-corrected chi connectivity index (χ1v) is 6.92. The summed E-state index contributed by atoms with van der Waals surface area (Å²) in [7, 11) is 0. The molecule has 6 atom stereocenters. The van der Waals surface area contributed by atoms with Crippen molar-refractivity contribution in [3.63, 3.8) is 0 Å². The molecular formula is C15H24O2. The van der Waals surface area contributed by atoms with Gasteiger partial charge in [0.05, 0.1) is 6.10 Å². The minimum atomic E-state index is -0.213. The van der Waals surface area contributed by atoms with E-state index in [2.05, 4.69) is 20.4 Å². The molecule has 3 rings (SSSR count). The highest BCUT2D eigenvalue weighted by Gasteiger charge is 2.65. The molecule has 2 nitrogen and oxygen atoms in total. The summed E-state index contributed by atoms with van der Waals surface area (Å²) in [5.41, 5.74) is 1.48. The third-order valence-corrected chi connectivity index (χ3v) is 6.29. The highest BCUT2D eigenvalue weighted by atomic mass is 16.3. The van der Waals surface area contributed by atoms with Gasteiger partial charge in [0.15, 0.2) is 0 Å². The van der Waals surface area contributed by atoms with Gasteiger partial charge in [-0.2, -0.15) is 0 Å². The Bertz CT molecular complexity index is 364. The van der Waals surface area contributed by atoms with Gasteiger partial charge in [0.2, 0.25) is 0 Å². The Labute approximate surface area is 104 Å². The van der Waals surface area contributed by atoms with Gasteiger partial charge >= 0.3 is 0 Å². The van der Waals surface area contributed by atoms with E-state index < -0.39 is 0 Å². The zero-order valence-electron chi connectivity index (χ0n) is 10.9. The predicted molar refractivity (Wildman–Crippen MR) is 67.4 cm³/mol. The fraction of sp³-hybridized carbons (Fsp3) is 0.867. The summed E-state index contributed by atoms with van der Waals surface area (Å²) in [6.45, 7) is 9.10. The Balaban J connectivity index is 2.09. The van der Waals surface area contributed by atoms with Gasteiger partial charge in [0, 0.05) is 12.5 Å². The molecule has 3 aliphatic carbocycles. The monoisotopic (exact) mass is 236 g/mol. The van der Waals surface area contributed by atoms with Crippen molar-refractivity contribution in [1.29, 1.82) is 0 Å². The maximum atomic E-state index is 10.2. The van der Waals surface area contributed by atoms with Crippen LogP contribution in [0.1, 0.15) is 39.5 Å². The highest BCUT2D eigenvalue weighted by Crippen LogP contribution is 2.69. The fourth-order valence-electron chi connectivity index (χ4n) is 5.24. The standard InChI is InChI=1S/C15H24O2/c1-9-12-11(17)7-10-13(12)14(2,8-16)5-4-6-15(9,10)3/h10-13,16-17H,1,4-8H2,2-3H3/t10-,11+,12?,13?,14+,15-/m1/s1. The molecule has 17 heavy (non-hydrogen) atoms. The van der Waals surface area contributed by atoms with Gasteiger partial charge < -0.3 is 10.2 Å².